The fourth-order valence-electron chi connectivity index (χ4n) is 2.19. The highest BCUT2D eigenvalue weighted by atomic mass is 35.5. The molecule has 0 fully saturated rings. The van der Waals surface area contributed by atoms with Crippen molar-refractivity contribution in [2.45, 2.75) is 13.5 Å². The van der Waals surface area contributed by atoms with Crippen molar-refractivity contribution in [3.63, 3.8) is 0 Å². The molecule has 3 rings (SSSR count). The summed E-state index contributed by atoms with van der Waals surface area (Å²) in [6, 6.07) is 7.72. The van der Waals surface area contributed by atoms with Crippen molar-refractivity contribution >= 4 is 35.3 Å². The van der Waals surface area contributed by atoms with Crippen molar-refractivity contribution in [2.24, 2.45) is 0 Å². The molecule has 0 saturated carbocycles. The molecule has 112 valence electrons. The van der Waals surface area contributed by atoms with E-state index >= 15 is 0 Å². The predicted molar refractivity (Wildman–Crippen MR) is 87.9 cm³/mol. The van der Waals surface area contributed by atoms with E-state index in [0.717, 1.165) is 40.5 Å². The molecule has 0 atom stereocenters. The number of carbonyl (C=O) groups is 1. The first-order valence-electron chi connectivity index (χ1n) is 6.56. The van der Waals surface area contributed by atoms with Gasteiger partial charge in [0.15, 0.2) is 0 Å². The van der Waals surface area contributed by atoms with Gasteiger partial charge in [-0.1, -0.05) is 0 Å². The molecule has 1 aliphatic rings. The molecule has 1 aromatic heterocycles. The van der Waals surface area contributed by atoms with Crippen molar-refractivity contribution in [3.8, 4) is 5.75 Å². The van der Waals surface area contributed by atoms with Crippen LogP contribution >= 0.6 is 23.7 Å². The van der Waals surface area contributed by atoms with Gasteiger partial charge in [0.05, 0.1) is 4.88 Å². The lowest BCUT2D eigenvalue weighted by Crippen LogP contribution is -2.16. The molecule has 0 saturated heterocycles. The number of fused-ring (bicyclic) bond motifs is 1. The Kier molecular flexibility index (Phi) is 5.22. The maximum Gasteiger partial charge on any atom is 0.265 e. The molecular weight excluding hydrogens is 308 g/mol. The molecule has 1 aliphatic heterocycles. The van der Waals surface area contributed by atoms with Crippen molar-refractivity contribution in [1.82, 2.24) is 5.32 Å². The lowest BCUT2D eigenvalue weighted by atomic mass is 10.1. The Morgan fingerprint density at radius 2 is 2.24 bits per heavy atom. The fraction of sp³-hybridized carbons (Fsp3) is 0.267. The number of benzene rings is 1. The first-order chi connectivity index (χ1) is 9.74. The van der Waals surface area contributed by atoms with Gasteiger partial charge in [0, 0.05) is 24.3 Å². The Bertz CT molecular complexity index is 642. The van der Waals surface area contributed by atoms with Crippen LogP contribution in [0, 0.1) is 6.92 Å². The summed E-state index contributed by atoms with van der Waals surface area (Å²) in [6.45, 7) is 4.22. The minimum atomic E-state index is -0.0556. The van der Waals surface area contributed by atoms with Gasteiger partial charge in [-0.25, -0.2) is 0 Å². The zero-order valence-corrected chi connectivity index (χ0v) is 13.3. The molecule has 0 unspecified atom stereocenters. The summed E-state index contributed by atoms with van der Waals surface area (Å²) < 4.78 is 5.63. The second kappa shape index (κ2) is 6.93. The summed E-state index contributed by atoms with van der Waals surface area (Å²) in [7, 11) is 0. The molecular formula is C15H17ClN2O2S. The van der Waals surface area contributed by atoms with E-state index in [4.69, 9.17) is 4.74 Å². The zero-order chi connectivity index (χ0) is 13.9. The van der Waals surface area contributed by atoms with Crippen LogP contribution in [0.1, 0.15) is 20.8 Å². The molecule has 4 nitrogen and oxygen atoms in total. The Labute approximate surface area is 133 Å². The van der Waals surface area contributed by atoms with E-state index in [1.54, 1.807) is 0 Å². The molecule has 2 N–H and O–H groups in total. The smallest absolute Gasteiger partial charge is 0.265 e. The largest absolute Gasteiger partial charge is 0.492 e. The topological polar surface area (TPSA) is 50.4 Å². The highest BCUT2D eigenvalue weighted by Gasteiger charge is 2.13. The number of halogens is 1. The van der Waals surface area contributed by atoms with E-state index in [1.165, 1.54) is 11.3 Å². The quantitative estimate of drug-likeness (QED) is 0.892. The van der Waals surface area contributed by atoms with Crippen LogP contribution in [0.25, 0.3) is 0 Å². The van der Waals surface area contributed by atoms with Crippen LogP contribution in [0.2, 0.25) is 0 Å². The van der Waals surface area contributed by atoms with Crippen LogP contribution in [-0.4, -0.2) is 19.1 Å². The van der Waals surface area contributed by atoms with Gasteiger partial charge in [0.25, 0.3) is 5.91 Å². The summed E-state index contributed by atoms with van der Waals surface area (Å²) >= 11 is 1.46. The minimum Gasteiger partial charge on any atom is -0.492 e. The van der Waals surface area contributed by atoms with Crippen molar-refractivity contribution in [3.05, 3.63) is 45.6 Å². The fourth-order valence-corrected chi connectivity index (χ4v) is 3.01. The van der Waals surface area contributed by atoms with E-state index in [-0.39, 0.29) is 18.3 Å². The number of rotatable bonds is 2. The molecule has 0 spiro atoms. The van der Waals surface area contributed by atoms with Gasteiger partial charge in [-0.15, -0.1) is 23.7 Å². The van der Waals surface area contributed by atoms with Crippen LogP contribution in [0.5, 0.6) is 5.75 Å². The van der Waals surface area contributed by atoms with Crippen molar-refractivity contribution in [1.29, 1.82) is 0 Å². The SMILES string of the molecule is Cc1ccsc1C(=O)Nc1ccc2c(c1)CNCCO2.Cl. The second-order valence-electron chi connectivity index (χ2n) is 4.73. The summed E-state index contributed by atoms with van der Waals surface area (Å²) in [5.74, 6) is 0.834. The lowest BCUT2D eigenvalue weighted by molar-refractivity contribution is 0.103. The van der Waals surface area contributed by atoms with Gasteiger partial charge in [0.2, 0.25) is 0 Å². The van der Waals surface area contributed by atoms with Crippen LogP contribution in [-0.2, 0) is 6.54 Å². The molecule has 0 aliphatic carbocycles. The summed E-state index contributed by atoms with van der Waals surface area (Å²) in [4.78, 5) is 12.9. The number of carbonyl (C=O) groups excluding carboxylic acids is 1. The summed E-state index contributed by atoms with van der Waals surface area (Å²) in [5, 5.41) is 8.16. The van der Waals surface area contributed by atoms with E-state index in [9.17, 15) is 4.79 Å². The van der Waals surface area contributed by atoms with Crippen molar-refractivity contribution < 1.29 is 9.53 Å². The first kappa shape index (κ1) is 15.8. The Balaban J connectivity index is 0.00000161. The van der Waals surface area contributed by atoms with Crippen molar-refractivity contribution in [2.75, 3.05) is 18.5 Å². The minimum absolute atomic E-state index is 0. The molecule has 1 amide bonds. The number of anilines is 1. The molecule has 2 aromatic rings. The predicted octanol–water partition coefficient (Wildman–Crippen LogP) is 3.21. The number of hydrogen-bond acceptors (Lipinski definition) is 4. The van der Waals surface area contributed by atoms with Crippen LogP contribution in [0.15, 0.2) is 29.6 Å². The third-order valence-corrected chi connectivity index (χ3v) is 4.25. The van der Waals surface area contributed by atoms with E-state index in [0.29, 0.717) is 6.61 Å². The number of hydrogen-bond donors (Lipinski definition) is 2. The molecule has 0 radical (unpaired) electrons. The first-order valence-corrected chi connectivity index (χ1v) is 7.44. The summed E-state index contributed by atoms with van der Waals surface area (Å²) in [6.07, 6.45) is 0. The number of nitrogens with one attached hydrogen (secondary N) is 2. The molecule has 2 heterocycles. The zero-order valence-electron chi connectivity index (χ0n) is 11.6. The van der Waals surface area contributed by atoms with E-state index < -0.39 is 0 Å². The monoisotopic (exact) mass is 324 g/mol. The number of amides is 1. The number of ether oxygens (including phenoxy) is 1. The highest BCUT2D eigenvalue weighted by molar-refractivity contribution is 7.12. The van der Waals surface area contributed by atoms with Crippen LogP contribution < -0.4 is 15.4 Å². The standard InChI is InChI=1S/C15H16N2O2S.ClH/c1-10-4-7-20-14(10)15(18)17-12-2-3-13-11(8-12)9-16-5-6-19-13;/h2-4,7-8,16H,5-6,9H2,1H3,(H,17,18);1H. The average molecular weight is 325 g/mol. The molecule has 6 heteroatoms. The number of aryl methyl sites for hydroxylation is 1. The molecule has 0 bridgehead atoms. The van der Waals surface area contributed by atoms with Gasteiger partial charge in [0.1, 0.15) is 12.4 Å². The Morgan fingerprint density at radius 1 is 1.38 bits per heavy atom. The van der Waals surface area contributed by atoms with E-state index in [1.807, 2.05) is 36.6 Å². The van der Waals surface area contributed by atoms with Crippen LogP contribution in [0.3, 0.4) is 0 Å². The van der Waals surface area contributed by atoms with Gasteiger partial charge in [-0.3, -0.25) is 4.79 Å². The van der Waals surface area contributed by atoms with Crippen LogP contribution in [0.4, 0.5) is 5.69 Å². The second-order valence-corrected chi connectivity index (χ2v) is 5.65. The number of thiophene rings is 1. The highest BCUT2D eigenvalue weighted by Crippen LogP contribution is 2.25. The Morgan fingerprint density at radius 3 is 3.00 bits per heavy atom. The molecule has 21 heavy (non-hydrogen) atoms. The lowest BCUT2D eigenvalue weighted by Gasteiger charge is -2.10. The Hall–Kier alpha value is -1.56. The summed E-state index contributed by atoms with van der Waals surface area (Å²) in [5.41, 5.74) is 2.88. The van der Waals surface area contributed by atoms with Gasteiger partial charge in [-0.05, 0) is 42.1 Å². The van der Waals surface area contributed by atoms with Gasteiger partial charge < -0.3 is 15.4 Å². The molecule has 1 aromatic carbocycles. The third-order valence-electron chi connectivity index (χ3n) is 3.24. The third kappa shape index (κ3) is 3.56. The van der Waals surface area contributed by atoms with Gasteiger partial charge in [-0.2, -0.15) is 0 Å². The normalized spacial score (nSPS) is 13.4. The van der Waals surface area contributed by atoms with E-state index in [2.05, 4.69) is 10.6 Å². The maximum absolute atomic E-state index is 12.2. The van der Waals surface area contributed by atoms with Gasteiger partial charge >= 0.3 is 0 Å². The average Bonchev–Trinajstić information content (AvgIpc) is 2.73. The maximum atomic E-state index is 12.2.